The van der Waals surface area contributed by atoms with Crippen LogP contribution in [0, 0.1) is 0 Å². The summed E-state index contributed by atoms with van der Waals surface area (Å²) in [6.07, 6.45) is 3.69. The molecule has 1 aliphatic carbocycles. The normalized spacial score (nSPS) is 27.9. The van der Waals surface area contributed by atoms with Gasteiger partial charge in [0.05, 0.1) is 23.3 Å². The molecule has 1 aromatic carbocycles. The molecule has 2 amide bonds. The Morgan fingerprint density at radius 1 is 1.12 bits per heavy atom. The van der Waals surface area contributed by atoms with E-state index in [0.29, 0.717) is 23.7 Å². The third-order valence-corrected chi connectivity index (χ3v) is 5.75. The Balaban J connectivity index is 1.42. The number of benzene rings is 1. The van der Waals surface area contributed by atoms with E-state index in [0.717, 1.165) is 44.3 Å². The summed E-state index contributed by atoms with van der Waals surface area (Å²) in [6, 6.07) is 6.06. The van der Waals surface area contributed by atoms with Gasteiger partial charge in [-0.1, -0.05) is 12.1 Å². The second kappa shape index (κ2) is 5.86. The standard InChI is InChI=1S/C18H23N3O3/c19-17(23)15-3-1-2-11-8-21(18(24)16(11)15)13-9-20(10-13)12-4-6-14(22)7-5-12/h1-3,12-14,22H,4-10H2,(H2,19,23)/t12-,14-. The number of nitrogens with zero attached hydrogens (tertiary/aromatic N) is 2. The fourth-order valence-corrected chi connectivity index (χ4v) is 4.29. The summed E-state index contributed by atoms with van der Waals surface area (Å²) in [5.74, 6) is -0.610. The van der Waals surface area contributed by atoms with Crippen molar-refractivity contribution in [3.8, 4) is 0 Å². The molecule has 128 valence electrons. The summed E-state index contributed by atoms with van der Waals surface area (Å²) in [4.78, 5) is 28.6. The van der Waals surface area contributed by atoms with Crippen LogP contribution >= 0.6 is 0 Å². The quantitative estimate of drug-likeness (QED) is 0.856. The van der Waals surface area contributed by atoms with Crippen molar-refractivity contribution in [3.63, 3.8) is 0 Å². The van der Waals surface area contributed by atoms with Crippen molar-refractivity contribution in [2.75, 3.05) is 13.1 Å². The molecule has 0 unspecified atom stereocenters. The Labute approximate surface area is 141 Å². The summed E-state index contributed by atoms with van der Waals surface area (Å²) in [7, 11) is 0. The maximum Gasteiger partial charge on any atom is 0.255 e. The van der Waals surface area contributed by atoms with Crippen molar-refractivity contribution in [1.82, 2.24) is 9.80 Å². The molecule has 2 fully saturated rings. The summed E-state index contributed by atoms with van der Waals surface area (Å²) in [5, 5.41) is 9.62. The van der Waals surface area contributed by atoms with E-state index in [-0.39, 0.29) is 18.1 Å². The SMILES string of the molecule is NC(=O)c1cccc2c1C(=O)N(C1CN([C@H]3CC[C@H](O)CC3)C1)C2. The number of hydrogen-bond donors (Lipinski definition) is 2. The molecule has 2 heterocycles. The summed E-state index contributed by atoms with van der Waals surface area (Å²) < 4.78 is 0. The number of likely N-dealkylation sites (tertiary alicyclic amines) is 1. The van der Waals surface area contributed by atoms with Crippen LogP contribution in [0.3, 0.4) is 0 Å². The first-order chi connectivity index (χ1) is 11.5. The highest BCUT2D eigenvalue weighted by molar-refractivity contribution is 6.09. The minimum atomic E-state index is -0.543. The molecule has 24 heavy (non-hydrogen) atoms. The summed E-state index contributed by atoms with van der Waals surface area (Å²) in [6.45, 7) is 2.33. The second-order valence-corrected chi connectivity index (χ2v) is 7.21. The minimum absolute atomic E-state index is 0.0666. The first kappa shape index (κ1) is 15.6. The first-order valence-corrected chi connectivity index (χ1v) is 8.69. The van der Waals surface area contributed by atoms with Crippen molar-refractivity contribution < 1.29 is 14.7 Å². The van der Waals surface area contributed by atoms with Gasteiger partial charge in [0, 0.05) is 25.7 Å². The lowest BCUT2D eigenvalue weighted by Crippen LogP contribution is -2.62. The van der Waals surface area contributed by atoms with E-state index in [1.807, 2.05) is 11.0 Å². The average Bonchev–Trinajstić information content (AvgIpc) is 2.85. The zero-order chi connectivity index (χ0) is 16.8. The topological polar surface area (TPSA) is 86.9 Å². The van der Waals surface area contributed by atoms with E-state index in [1.165, 1.54) is 0 Å². The lowest BCUT2D eigenvalue weighted by molar-refractivity contribution is -0.0131. The molecular weight excluding hydrogens is 306 g/mol. The van der Waals surface area contributed by atoms with Crippen LogP contribution in [0.2, 0.25) is 0 Å². The first-order valence-electron chi connectivity index (χ1n) is 8.69. The van der Waals surface area contributed by atoms with Gasteiger partial charge in [0.25, 0.3) is 5.91 Å². The molecule has 3 N–H and O–H groups in total. The van der Waals surface area contributed by atoms with Crippen molar-refractivity contribution in [3.05, 3.63) is 34.9 Å². The van der Waals surface area contributed by atoms with Gasteiger partial charge in [0.15, 0.2) is 0 Å². The minimum Gasteiger partial charge on any atom is -0.393 e. The van der Waals surface area contributed by atoms with Crippen LogP contribution in [0.1, 0.15) is 52.0 Å². The lowest BCUT2D eigenvalue weighted by atomic mass is 9.89. The lowest BCUT2D eigenvalue weighted by Gasteiger charge is -2.49. The third-order valence-electron chi connectivity index (χ3n) is 5.75. The molecule has 3 aliphatic rings. The Kier molecular flexibility index (Phi) is 3.81. The molecule has 0 aromatic heterocycles. The number of carbonyl (C=O) groups excluding carboxylic acids is 2. The van der Waals surface area contributed by atoms with Crippen LogP contribution in [0.4, 0.5) is 0 Å². The van der Waals surface area contributed by atoms with Gasteiger partial charge in [0.1, 0.15) is 0 Å². The highest BCUT2D eigenvalue weighted by atomic mass is 16.3. The molecule has 1 saturated carbocycles. The van der Waals surface area contributed by atoms with Crippen LogP contribution in [0.15, 0.2) is 18.2 Å². The third kappa shape index (κ3) is 2.50. The molecule has 1 saturated heterocycles. The fourth-order valence-electron chi connectivity index (χ4n) is 4.29. The Hall–Kier alpha value is -1.92. The van der Waals surface area contributed by atoms with Crippen LogP contribution in [-0.2, 0) is 6.54 Å². The highest BCUT2D eigenvalue weighted by Crippen LogP contribution is 2.33. The van der Waals surface area contributed by atoms with E-state index in [4.69, 9.17) is 5.73 Å². The average molecular weight is 329 g/mol. The van der Waals surface area contributed by atoms with Gasteiger partial charge in [-0.25, -0.2) is 0 Å². The van der Waals surface area contributed by atoms with Crippen LogP contribution < -0.4 is 5.73 Å². The molecule has 0 atom stereocenters. The number of aliphatic hydroxyl groups excluding tert-OH is 1. The number of carbonyl (C=O) groups is 2. The number of hydrogen-bond acceptors (Lipinski definition) is 4. The molecule has 6 heteroatoms. The second-order valence-electron chi connectivity index (χ2n) is 7.21. The summed E-state index contributed by atoms with van der Waals surface area (Å²) in [5.41, 5.74) is 7.13. The van der Waals surface area contributed by atoms with Gasteiger partial charge in [-0.05, 0) is 37.3 Å². The van der Waals surface area contributed by atoms with Crippen molar-refractivity contribution in [2.45, 2.75) is 50.4 Å². The highest BCUT2D eigenvalue weighted by Gasteiger charge is 2.42. The van der Waals surface area contributed by atoms with E-state index >= 15 is 0 Å². The van der Waals surface area contributed by atoms with Crippen molar-refractivity contribution in [2.24, 2.45) is 5.73 Å². The van der Waals surface area contributed by atoms with E-state index in [1.54, 1.807) is 12.1 Å². The number of fused-ring (bicyclic) bond motifs is 1. The molecule has 1 aromatic rings. The molecule has 0 bridgehead atoms. The van der Waals surface area contributed by atoms with Gasteiger partial charge in [-0.2, -0.15) is 0 Å². The van der Waals surface area contributed by atoms with Gasteiger partial charge in [-0.3, -0.25) is 14.5 Å². The summed E-state index contributed by atoms with van der Waals surface area (Å²) >= 11 is 0. The van der Waals surface area contributed by atoms with Crippen LogP contribution in [-0.4, -0.2) is 58.0 Å². The molecule has 4 rings (SSSR count). The Morgan fingerprint density at radius 2 is 1.83 bits per heavy atom. The molecule has 6 nitrogen and oxygen atoms in total. The van der Waals surface area contributed by atoms with Crippen molar-refractivity contribution >= 4 is 11.8 Å². The van der Waals surface area contributed by atoms with Gasteiger partial charge >= 0.3 is 0 Å². The maximum atomic E-state index is 12.7. The zero-order valence-corrected chi connectivity index (χ0v) is 13.6. The molecule has 0 spiro atoms. The van der Waals surface area contributed by atoms with Gasteiger partial charge in [0.2, 0.25) is 5.91 Å². The Morgan fingerprint density at radius 3 is 2.50 bits per heavy atom. The maximum absolute atomic E-state index is 12.7. The largest absolute Gasteiger partial charge is 0.393 e. The van der Waals surface area contributed by atoms with Crippen LogP contribution in [0.5, 0.6) is 0 Å². The van der Waals surface area contributed by atoms with E-state index in [2.05, 4.69) is 4.90 Å². The molecule has 2 aliphatic heterocycles. The molecular formula is C18H23N3O3. The monoisotopic (exact) mass is 329 g/mol. The van der Waals surface area contributed by atoms with Gasteiger partial charge in [-0.15, -0.1) is 0 Å². The predicted octanol–water partition coefficient (Wildman–Crippen LogP) is 0.729. The zero-order valence-electron chi connectivity index (χ0n) is 13.6. The number of amides is 2. The predicted molar refractivity (Wildman–Crippen MR) is 88.5 cm³/mol. The smallest absolute Gasteiger partial charge is 0.255 e. The Bertz CT molecular complexity index is 676. The van der Waals surface area contributed by atoms with Crippen LogP contribution in [0.25, 0.3) is 0 Å². The van der Waals surface area contributed by atoms with E-state index < -0.39 is 5.91 Å². The van der Waals surface area contributed by atoms with Crippen molar-refractivity contribution in [1.29, 1.82) is 0 Å². The van der Waals surface area contributed by atoms with Gasteiger partial charge < -0.3 is 15.7 Å². The fraction of sp³-hybridized carbons (Fsp3) is 0.556. The molecule has 0 radical (unpaired) electrons. The van der Waals surface area contributed by atoms with E-state index in [9.17, 15) is 14.7 Å². The number of nitrogens with two attached hydrogens (primary N) is 1. The number of aliphatic hydroxyl groups is 1. The number of primary amides is 1. The number of rotatable bonds is 3.